The first-order chi connectivity index (χ1) is 10.3. The lowest BCUT2D eigenvalue weighted by Crippen LogP contribution is -1.97. The Labute approximate surface area is 123 Å². The molecule has 0 spiro atoms. The lowest BCUT2D eigenvalue weighted by molar-refractivity contribution is 0.306. The zero-order valence-electron chi connectivity index (χ0n) is 11.4. The highest BCUT2D eigenvalue weighted by molar-refractivity contribution is 5.68. The summed E-state index contributed by atoms with van der Waals surface area (Å²) in [6.45, 7) is 0.509. The first-order valence-corrected chi connectivity index (χ1v) is 6.64. The number of hydrogen-bond donors (Lipinski definition) is 1. The van der Waals surface area contributed by atoms with E-state index < -0.39 is 0 Å². The van der Waals surface area contributed by atoms with E-state index in [0.717, 1.165) is 22.4 Å². The van der Waals surface area contributed by atoms with Crippen LogP contribution in [0.2, 0.25) is 0 Å². The molecule has 4 nitrogen and oxygen atoms in total. The van der Waals surface area contributed by atoms with Crippen LogP contribution in [0.4, 0.5) is 5.69 Å². The van der Waals surface area contributed by atoms with Gasteiger partial charge >= 0.3 is 0 Å². The Hall–Kier alpha value is -2.88. The van der Waals surface area contributed by atoms with E-state index in [1.807, 2.05) is 48.5 Å². The fraction of sp³-hybridized carbons (Fsp3) is 0.0588. The number of nitrogens with zero attached hydrogens (tertiary/aromatic N) is 2. The van der Waals surface area contributed by atoms with Crippen molar-refractivity contribution in [2.75, 3.05) is 5.73 Å². The van der Waals surface area contributed by atoms with Crippen molar-refractivity contribution in [2.45, 2.75) is 6.61 Å². The highest BCUT2D eigenvalue weighted by atomic mass is 16.5. The number of ether oxygens (including phenoxy) is 1. The summed E-state index contributed by atoms with van der Waals surface area (Å²) in [6.07, 6.45) is 5.01. The van der Waals surface area contributed by atoms with E-state index in [2.05, 4.69) is 9.97 Å². The van der Waals surface area contributed by atoms with Gasteiger partial charge in [-0.3, -0.25) is 0 Å². The molecule has 0 saturated carbocycles. The maximum absolute atomic E-state index is 5.94. The molecule has 1 aromatic heterocycles. The monoisotopic (exact) mass is 277 g/mol. The molecule has 0 atom stereocenters. The van der Waals surface area contributed by atoms with E-state index in [4.69, 9.17) is 10.5 Å². The molecule has 104 valence electrons. The zero-order valence-corrected chi connectivity index (χ0v) is 11.4. The molecule has 0 saturated heterocycles. The fourth-order valence-electron chi connectivity index (χ4n) is 2.06. The van der Waals surface area contributed by atoms with E-state index in [0.29, 0.717) is 12.3 Å². The number of nitrogen functional groups attached to an aromatic ring is 1. The maximum atomic E-state index is 5.94. The quantitative estimate of drug-likeness (QED) is 0.743. The summed E-state index contributed by atoms with van der Waals surface area (Å²) in [5.74, 6) is 0.734. The summed E-state index contributed by atoms with van der Waals surface area (Å²) in [6, 6.07) is 15.7. The Bertz CT molecular complexity index is 715. The molecule has 0 aliphatic rings. The third-order valence-electron chi connectivity index (χ3n) is 3.07. The molecule has 0 fully saturated rings. The van der Waals surface area contributed by atoms with Crippen molar-refractivity contribution >= 4 is 5.69 Å². The first-order valence-electron chi connectivity index (χ1n) is 6.64. The molecule has 2 aromatic carbocycles. The second kappa shape index (κ2) is 6.05. The smallest absolute Gasteiger partial charge is 0.122 e. The summed E-state index contributed by atoms with van der Waals surface area (Å²) in [4.78, 5) is 8.04. The highest BCUT2D eigenvalue weighted by Crippen LogP contribution is 2.26. The van der Waals surface area contributed by atoms with Crippen LogP contribution in [0.15, 0.2) is 67.3 Å². The zero-order chi connectivity index (χ0) is 14.5. The van der Waals surface area contributed by atoms with Crippen LogP contribution in [0.25, 0.3) is 11.1 Å². The second-order valence-electron chi connectivity index (χ2n) is 4.69. The molecule has 21 heavy (non-hydrogen) atoms. The van der Waals surface area contributed by atoms with Crippen molar-refractivity contribution in [1.29, 1.82) is 0 Å². The number of hydrogen-bond acceptors (Lipinski definition) is 4. The average Bonchev–Trinajstić information content (AvgIpc) is 2.54. The number of aromatic nitrogens is 2. The van der Waals surface area contributed by atoms with Gasteiger partial charge in [0.1, 0.15) is 18.7 Å². The predicted molar refractivity (Wildman–Crippen MR) is 82.7 cm³/mol. The van der Waals surface area contributed by atoms with E-state index in [-0.39, 0.29) is 0 Å². The van der Waals surface area contributed by atoms with Crippen molar-refractivity contribution in [2.24, 2.45) is 0 Å². The minimum atomic E-state index is 0.509. The van der Waals surface area contributed by atoms with E-state index in [1.54, 1.807) is 12.4 Å². The van der Waals surface area contributed by atoms with Gasteiger partial charge in [-0.05, 0) is 23.3 Å². The fourth-order valence-corrected chi connectivity index (χ4v) is 2.06. The summed E-state index contributed by atoms with van der Waals surface area (Å²) < 4.78 is 5.81. The Morgan fingerprint density at radius 2 is 1.67 bits per heavy atom. The minimum absolute atomic E-state index is 0.509. The van der Waals surface area contributed by atoms with Gasteiger partial charge in [0.2, 0.25) is 0 Å². The largest absolute Gasteiger partial charge is 0.489 e. The molecule has 3 aromatic rings. The molecule has 4 heteroatoms. The van der Waals surface area contributed by atoms with Gasteiger partial charge in [-0.25, -0.2) is 9.97 Å². The Kier molecular flexibility index (Phi) is 3.78. The van der Waals surface area contributed by atoms with Crippen LogP contribution in [0.1, 0.15) is 5.56 Å². The predicted octanol–water partition coefficient (Wildman–Crippen LogP) is 3.30. The number of nitrogens with two attached hydrogens (primary N) is 1. The van der Waals surface area contributed by atoms with Crippen molar-refractivity contribution in [3.63, 3.8) is 0 Å². The molecule has 2 N–H and O–H groups in total. The Morgan fingerprint density at radius 3 is 2.43 bits per heavy atom. The molecule has 0 bridgehead atoms. The van der Waals surface area contributed by atoms with Crippen LogP contribution in [0.5, 0.6) is 5.75 Å². The highest BCUT2D eigenvalue weighted by Gasteiger charge is 2.04. The van der Waals surface area contributed by atoms with Crippen molar-refractivity contribution in [3.05, 3.63) is 72.8 Å². The van der Waals surface area contributed by atoms with Crippen LogP contribution in [-0.4, -0.2) is 9.97 Å². The maximum Gasteiger partial charge on any atom is 0.122 e. The third-order valence-corrected chi connectivity index (χ3v) is 3.07. The lowest BCUT2D eigenvalue weighted by Gasteiger charge is -2.09. The standard InChI is InChI=1S/C17H15N3O/c18-16-6-14(15-9-19-12-20-10-15)7-17(8-16)21-11-13-4-2-1-3-5-13/h1-10,12H,11,18H2. The van der Waals surface area contributed by atoms with Crippen LogP contribution in [0.3, 0.4) is 0 Å². The molecule has 0 aliphatic carbocycles. The molecular weight excluding hydrogens is 262 g/mol. The molecule has 1 heterocycles. The van der Waals surface area contributed by atoms with Gasteiger partial charge in [-0.2, -0.15) is 0 Å². The van der Waals surface area contributed by atoms with Crippen molar-refractivity contribution in [1.82, 2.24) is 9.97 Å². The normalized spacial score (nSPS) is 10.3. The average molecular weight is 277 g/mol. The molecule has 0 unspecified atom stereocenters. The van der Waals surface area contributed by atoms with Gasteiger partial charge in [0.25, 0.3) is 0 Å². The van der Waals surface area contributed by atoms with Gasteiger partial charge < -0.3 is 10.5 Å². The van der Waals surface area contributed by atoms with E-state index in [1.165, 1.54) is 6.33 Å². The molecule has 0 amide bonds. The number of anilines is 1. The van der Waals surface area contributed by atoms with Crippen molar-refractivity contribution < 1.29 is 4.74 Å². The van der Waals surface area contributed by atoms with Crippen LogP contribution < -0.4 is 10.5 Å². The number of benzene rings is 2. The SMILES string of the molecule is Nc1cc(OCc2ccccc2)cc(-c2cncnc2)c1. The van der Waals surface area contributed by atoms with E-state index >= 15 is 0 Å². The van der Waals surface area contributed by atoms with E-state index in [9.17, 15) is 0 Å². The Balaban J connectivity index is 1.82. The topological polar surface area (TPSA) is 61.0 Å². The van der Waals surface area contributed by atoms with Crippen LogP contribution in [0, 0.1) is 0 Å². The third kappa shape index (κ3) is 3.36. The molecular formula is C17H15N3O. The second-order valence-corrected chi connectivity index (χ2v) is 4.69. The van der Waals surface area contributed by atoms with Gasteiger partial charge in [0.05, 0.1) is 0 Å². The van der Waals surface area contributed by atoms with Gasteiger partial charge in [-0.1, -0.05) is 30.3 Å². The summed E-state index contributed by atoms with van der Waals surface area (Å²) in [7, 11) is 0. The summed E-state index contributed by atoms with van der Waals surface area (Å²) in [5.41, 5.74) is 9.57. The number of rotatable bonds is 4. The van der Waals surface area contributed by atoms with Gasteiger partial charge in [-0.15, -0.1) is 0 Å². The molecule has 0 aliphatic heterocycles. The van der Waals surface area contributed by atoms with Crippen molar-refractivity contribution in [3.8, 4) is 16.9 Å². The lowest BCUT2D eigenvalue weighted by atomic mass is 10.1. The van der Waals surface area contributed by atoms with Gasteiger partial charge in [0.15, 0.2) is 0 Å². The van der Waals surface area contributed by atoms with Gasteiger partial charge in [0, 0.05) is 29.7 Å². The summed E-state index contributed by atoms with van der Waals surface area (Å²) in [5, 5.41) is 0. The Morgan fingerprint density at radius 1 is 0.905 bits per heavy atom. The first kappa shape index (κ1) is 13.1. The molecule has 0 radical (unpaired) electrons. The van der Waals surface area contributed by atoms with Crippen LogP contribution >= 0.6 is 0 Å². The van der Waals surface area contributed by atoms with Crippen LogP contribution in [-0.2, 0) is 6.61 Å². The minimum Gasteiger partial charge on any atom is -0.489 e. The molecule has 3 rings (SSSR count). The summed E-state index contributed by atoms with van der Waals surface area (Å²) >= 11 is 0.